The summed E-state index contributed by atoms with van der Waals surface area (Å²) < 4.78 is 5.50. The summed E-state index contributed by atoms with van der Waals surface area (Å²) in [5.74, 6) is 0. The molecule has 2 heteroatoms. The van der Waals surface area contributed by atoms with Gasteiger partial charge in [-0.1, -0.05) is 11.6 Å². The lowest BCUT2D eigenvalue weighted by molar-refractivity contribution is -0.0455. The van der Waals surface area contributed by atoms with Crippen molar-refractivity contribution in [3.05, 3.63) is 11.6 Å². The van der Waals surface area contributed by atoms with Crippen molar-refractivity contribution in [2.24, 2.45) is 0 Å². The van der Waals surface area contributed by atoms with Gasteiger partial charge in [0.15, 0.2) is 0 Å². The van der Waals surface area contributed by atoms with Gasteiger partial charge in [0.05, 0.1) is 6.61 Å². The number of ether oxygens (including phenoxy) is 1. The minimum atomic E-state index is -0.126. The average molecular weight is 141 g/mol. The summed E-state index contributed by atoms with van der Waals surface area (Å²) in [6.45, 7) is 4.95. The fourth-order valence-electron chi connectivity index (χ4n) is 1.18. The SMILES string of the molecule is CN[C@@]1(C)CC(C)=CCO1. The highest BCUT2D eigenvalue weighted by molar-refractivity contribution is 5.05. The van der Waals surface area contributed by atoms with Crippen LogP contribution in [0.3, 0.4) is 0 Å². The molecule has 0 aromatic rings. The fraction of sp³-hybridized carbons (Fsp3) is 0.750. The summed E-state index contributed by atoms with van der Waals surface area (Å²) >= 11 is 0. The van der Waals surface area contributed by atoms with Crippen LogP contribution in [-0.4, -0.2) is 19.4 Å². The molecule has 10 heavy (non-hydrogen) atoms. The van der Waals surface area contributed by atoms with Crippen LogP contribution in [0.25, 0.3) is 0 Å². The second kappa shape index (κ2) is 2.72. The van der Waals surface area contributed by atoms with Crippen molar-refractivity contribution < 1.29 is 4.74 Å². The Balaban J connectivity index is 2.60. The lowest BCUT2D eigenvalue weighted by atomic mass is 10.0. The minimum absolute atomic E-state index is 0.126. The molecule has 0 aromatic carbocycles. The van der Waals surface area contributed by atoms with Gasteiger partial charge < -0.3 is 4.74 Å². The molecule has 0 spiro atoms. The molecule has 1 N–H and O–H groups in total. The maximum atomic E-state index is 5.50. The topological polar surface area (TPSA) is 21.3 Å². The van der Waals surface area contributed by atoms with E-state index in [0.717, 1.165) is 13.0 Å². The van der Waals surface area contributed by atoms with Crippen LogP contribution in [0.1, 0.15) is 20.3 Å². The van der Waals surface area contributed by atoms with Crippen molar-refractivity contribution in [1.29, 1.82) is 0 Å². The smallest absolute Gasteiger partial charge is 0.120 e. The third-order valence-electron chi connectivity index (χ3n) is 1.98. The Kier molecular flexibility index (Phi) is 2.11. The Morgan fingerprint density at radius 2 is 2.40 bits per heavy atom. The normalized spacial score (nSPS) is 33.7. The third kappa shape index (κ3) is 1.58. The first-order valence-corrected chi connectivity index (χ1v) is 3.65. The molecule has 0 fully saturated rings. The lowest BCUT2D eigenvalue weighted by Crippen LogP contribution is -2.44. The average Bonchev–Trinajstić information content (AvgIpc) is 1.88. The maximum absolute atomic E-state index is 5.50. The molecule has 58 valence electrons. The molecule has 2 nitrogen and oxygen atoms in total. The van der Waals surface area contributed by atoms with E-state index in [4.69, 9.17) is 4.74 Å². The minimum Gasteiger partial charge on any atom is -0.357 e. The molecule has 0 unspecified atom stereocenters. The van der Waals surface area contributed by atoms with E-state index >= 15 is 0 Å². The van der Waals surface area contributed by atoms with Gasteiger partial charge in [0.2, 0.25) is 0 Å². The fourth-order valence-corrected chi connectivity index (χ4v) is 1.18. The zero-order valence-corrected chi connectivity index (χ0v) is 6.90. The predicted octanol–water partition coefficient (Wildman–Crippen LogP) is 1.29. The second-order valence-electron chi connectivity index (χ2n) is 3.02. The monoisotopic (exact) mass is 141 g/mol. The molecule has 0 aliphatic carbocycles. The largest absolute Gasteiger partial charge is 0.357 e. The van der Waals surface area contributed by atoms with E-state index in [1.54, 1.807) is 0 Å². The highest BCUT2D eigenvalue weighted by Gasteiger charge is 2.24. The summed E-state index contributed by atoms with van der Waals surface area (Å²) in [5.41, 5.74) is 1.28. The Morgan fingerprint density at radius 3 is 2.80 bits per heavy atom. The van der Waals surface area contributed by atoms with Crippen molar-refractivity contribution >= 4 is 0 Å². The quantitative estimate of drug-likeness (QED) is 0.555. The molecule has 0 saturated carbocycles. The van der Waals surface area contributed by atoms with Crippen LogP contribution in [0, 0.1) is 0 Å². The molecule has 0 amide bonds. The Labute approximate surface area is 62.3 Å². The number of nitrogens with one attached hydrogen (secondary N) is 1. The molecule has 0 aromatic heterocycles. The second-order valence-corrected chi connectivity index (χ2v) is 3.02. The molecule has 1 heterocycles. The van der Waals surface area contributed by atoms with Crippen molar-refractivity contribution in [2.75, 3.05) is 13.7 Å². The first-order valence-electron chi connectivity index (χ1n) is 3.65. The van der Waals surface area contributed by atoms with Crippen LogP contribution < -0.4 is 5.32 Å². The van der Waals surface area contributed by atoms with Gasteiger partial charge >= 0.3 is 0 Å². The van der Waals surface area contributed by atoms with Crippen LogP contribution in [0.4, 0.5) is 0 Å². The van der Waals surface area contributed by atoms with E-state index in [1.165, 1.54) is 5.57 Å². The molecule has 1 atom stereocenters. The molecular formula is C8H15NO. The molecule has 0 bridgehead atoms. The van der Waals surface area contributed by atoms with Crippen LogP contribution in [0.15, 0.2) is 11.6 Å². The van der Waals surface area contributed by atoms with Gasteiger partial charge in [-0.3, -0.25) is 5.32 Å². The Bertz CT molecular complexity index is 153. The van der Waals surface area contributed by atoms with Crippen molar-refractivity contribution in [3.8, 4) is 0 Å². The van der Waals surface area contributed by atoms with Crippen molar-refractivity contribution in [1.82, 2.24) is 5.32 Å². The third-order valence-corrected chi connectivity index (χ3v) is 1.98. The summed E-state index contributed by atoms with van der Waals surface area (Å²) in [6.07, 6.45) is 3.11. The standard InChI is InChI=1S/C8H15NO/c1-7-4-5-10-8(2,6-7)9-3/h4,9H,5-6H2,1-3H3/t8-/m1/s1. The predicted molar refractivity (Wildman–Crippen MR) is 41.8 cm³/mol. The molecule has 0 saturated heterocycles. The highest BCUT2D eigenvalue weighted by Crippen LogP contribution is 2.21. The molecule has 0 radical (unpaired) electrons. The van der Waals surface area contributed by atoms with Gasteiger partial charge in [0.25, 0.3) is 0 Å². The van der Waals surface area contributed by atoms with Gasteiger partial charge in [0, 0.05) is 6.42 Å². The molecule has 1 aliphatic rings. The number of rotatable bonds is 1. The van der Waals surface area contributed by atoms with Gasteiger partial charge in [0.1, 0.15) is 5.72 Å². The van der Waals surface area contributed by atoms with Crippen LogP contribution >= 0.6 is 0 Å². The number of hydrogen-bond acceptors (Lipinski definition) is 2. The van der Waals surface area contributed by atoms with E-state index in [1.807, 2.05) is 7.05 Å². The first kappa shape index (κ1) is 7.76. The van der Waals surface area contributed by atoms with E-state index in [0.29, 0.717) is 0 Å². The van der Waals surface area contributed by atoms with Gasteiger partial charge in [-0.25, -0.2) is 0 Å². The van der Waals surface area contributed by atoms with E-state index in [-0.39, 0.29) is 5.72 Å². The lowest BCUT2D eigenvalue weighted by Gasteiger charge is -2.32. The zero-order valence-electron chi connectivity index (χ0n) is 6.90. The summed E-state index contributed by atoms with van der Waals surface area (Å²) in [5, 5.41) is 3.15. The van der Waals surface area contributed by atoms with Crippen molar-refractivity contribution in [2.45, 2.75) is 26.0 Å². The van der Waals surface area contributed by atoms with Crippen LogP contribution in [-0.2, 0) is 4.74 Å². The summed E-state index contributed by atoms with van der Waals surface area (Å²) in [4.78, 5) is 0. The van der Waals surface area contributed by atoms with Crippen molar-refractivity contribution in [3.63, 3.8) is 0 Å². The van der Waals surface area contributed by atoms with Crippen LogP contribution in [0.5, 0.6) is 0 Å². The van der Waals surface area contributed by atoms with Crippen LogP contribution in [0.2, 0.25) is 0 Å². The van der Waals surface area contributed by atoms with E-state index < -0.39 is 0 Å². The van der Waals surface area contributed by atoms with Gasteiger partial charge in [-0.15, -0.1) is 0 Å². The number of hydrogen-bond donors (Lipinski definition) is 1. The Hall–Kier alpha value is -0.340. The first-order chi connectivity index (χ1) is 4.66. The highest BCUT2D eigenvalue weighted by atomic mass is 16.5. The zero-order chi connectivity index (χ0) is 7.61. The maximum Gasteiger partial charge on any atom is 0.120 e. The molecular weight excluding hydrogens is 126 g/mol. The van der Waals surface area contributed by atoms with Gasteiger partial charge in [-0.2, -0.15) is 0 Å². The van der Waals surface area contributed by atoms with Gasteiger partial charge in [-0.05, 0) is 20.9 Å². The molecule has 1 rings (SSSR count). The Morgan fingerprint density at radius 1 is 1.70 bits per heavy atom. The molecule has 1 aliphatic heterocycles. The van der Waals surface area contributed by atoms with E-state index in [9.17, 15) is 0 Å². The summed E-state index contributed by atoms with van der Waals surface area (Å²) in [7, 11) is 1.93. The van der Waals surface area contributed by atoms with E-state index in [2.05, 4.69) is 25.2 Å². The summed E-state index contributed by atoms with van der Waals surface area (Å²) in [6, 6.07) is 0.